The highest BCUT2D eigenvalue weighted by atomic mass is 16.3. The zero-order chi connectivity index (χ0) is 17.4. The van der Waals surface area contributed by atoms with Crippen LogP contribution in [0.5, 0.6) is 5.75 Å². The second-order valence-electron chi connectivity index (χ2n) is 5.84. The molecule has 2 aromatic carbocycles. The van der Waals surface area contributed by atoms with Gasteiger partial charge in [-0.1, -0.05) is 30.3 Å². The Kier molecular flexibility index (Phi) is 3.50. The standard InChI is InChI=1S/C19H15N3O3/c23-13-6-7-15-14(9-13)12(10-20-15)8-16-18(24)22-17(19(25)21-16)11-4-2-1-3-5-11/h1-10,17,20,23H,(H,21,25)(H,22,24)/b16-8-. The minimum Gasteiger partial charge on any atom is -0.508 e. The highest BCUT2D eigenvalue weighted by Gasteiger charge is 2.30. The number of amides is 2. The Morgan fingerprint density at radius 1 is 1.04 bits per heavy atom. The van der Waals surface area contributed by atoms with Crippen molar-refractivity contribution in [1.82, 2.24) is 15.6 Å². The van der Waals surface area contributed by atoms with Crippen LogP contribution >= 0.6 is 0 Å². The summed E-state index contributed by atoms with van der Waals surface area (Å²) >= 11 is 0. The third-order valence-corrected chi connectivity index (χ3v) is 4.17. The lowest BCUT2D eigenvalue weighted by Crippen LogP contribution is -2.49. The molecule has 0 aliphatic carbocycles. The molecule has 124 valence electrons. The fourth-order valence-corrected chi connectivity index (χ4v) is 2.92. The molecule has 1 aliphatic heterocycles. The van der Waals surface area contributed by atoms with Crippen LogP contribution in [0.25, 0.3) is 17.0 Å². The van der Waals surface area contributed by atoms with Gasteiger partial charge in [0, 0.05) is 22.7 Å². The van der Waals surface area contributed by atoms with Crippen LogP contribution in [-0.2, 0) is 9.59 Å². The third-order valence-electron chi connectivity index (χ3n) is 4.17. The number of carbonyl (C=O) groups excluding carboxylic acids is 2. The first-order chi connectivity index (χ1) is 12.1. The highest BCUT2D eigenvalue weighted by molar-refractivity contribution is 6.08. The minimum absolute atomic E-state index is 0.132. The molecule has 0 saturated carbocycles. The van der Waals surface area contributed by atoms with Crippen LogP contribution in [0.1, 0.15) is 17.2 Å². The number of aromatic hydroxyl groups is 1. The number of piperazine rings is 1. The van der Waals surface area contributed by atoms with Crippen molar-refractivity contribution in [2.24, 2.45) is 0 Å². The van der Waals surface area contributed by atoms with Crippen LogP contribution in [0.4, 0.5) is 0 Å². The van der Waals surface area contributed by atoms with Crippen LogP contribution in [0, 0.1) is 0 Å². The monoisotopic (exact) mass is 333 g/mol. The van der Waals surface area contributed by atoms with Gasteiger partial charge >= 0.3 is 0 Å². The van der Waals surface area contributed by atoms with Crippen LogP contribution in [0.2, 0.25) is 0 Å². The molecule has 4 N–H and O–H groups in total. The number of carbonyl (C=O) groups is 2. The molecule has 6 nitrogen and oxygen atoms in total. The molecule has 4 rings (SSSR count). The molecule has 1 fully saturated rings. The summed E-state index contributed by atoms with van der Waals surface area (Å²) in [7, 11) is 0. The number of nitrogens with one attached hydrogen (secondary N) is 3. The van der Waals surface area contributed by atoms with E-state index in [-0.39, 0.29) is 23.3 Å². The SMILES string of the molecule is O=C1NC(c2ccccc2)C(=O)N/C1=C\c1c[nH]c2ccc(O)cc12. The normalized spacial score (nSPS) is 19.0. The van der Waals surface area contributed by atoms with Crippen molar-refractivity contribution in [3.8, 4) is 5.75 Å². The van der Waals surface area contributed by atoms with Gasteiger partial charge in [-0.3, -0.25) is 9.59 Å². The van der Waals surface area contributed by atoms with E-state index in [1.165, 1.54) is 0 Å². The van der Waals surface area contributed by atoms with E-state index in [1.54, 1.807) is 42.6 Å². The summed E-state index contributed by atoms with van der Waals surface area (Å²) < 4.78 is 0. The zero-order valence-electron chi connectivity index (χ0n) is 13.1. The molecule has 0 spiro atoms. The second-order valence-corrected chi connectivity index (χ2v) is 5.84. The van der Waals surface area contributed by atoms with Crippen LogP contribution in [0.15, 0.2) is 60.4 Å². The molecule has 1 atom stereocenters. The summed E-state index contributed by atoms with van der Waals surface area (Å²) in [6.07, 6.45) is 3.31. The summed E-state index contributed by atoms with van der Waals surface area (Å²) in [6.45, 7) is 0. The number of hydrogen-bond acceptors (Lipinski definition) is 3. The van der Waals surface area contributed by atoms with Gasteiger partial charge in [0.05, 0.1) is 0 Å². The zero-order valence-corrected chi connectivity index (χ0v) is 13.1. The number of fused-ring (bicyclic) bond motifs is 1. The van der Waals surface area contributed by atoms with Gasteiger partial charge in [0.15, 0.2) is 0 Å². The van der Waals surface area contributed by atoms with E-state index in [1.807, 2.05) is 18.2 Å². The van der Waals surface area contributed by atoms with Crippen molar-refractivity contribution in [2.75, 3.05) is 0 Å². The number of benzene rings is 2. The number of phenols is 1. The number of aromatic nitrogens is 1. The summed E-state index contributed by atoms with van der Waals surface area (Å²) in [5.41, 5.74) is 2.43. The molecule has 3 aromatic rings. The van der Waals surface area contributed by atoms with E-state index in [2.05, 4.69) is 15.6 Å². The fourth-order valence-electron chi connectivity index (χ4n) is 2.92. The van der Waals surface area contributed by atoms with Gasteiger partial charge in [-0.15, -0.1) is 0 Å². The number of aromatic amines is 1. The molecule has 6 heteroatoms. The number of hydrogen-bond donors (Lipinski definition) is 4. The van der Waals surface area contributed by atoms with E-state index in [4.69, 9.17) is 0 Å². The van der Waals surface area contributed by atoms with E-state index in [0.29, 0.717) is 5.56 Å². The summed E-state index contributed by atoms with van der Waals surface area (Å²) in [6, 6.07) is 13.3. The highest BCUT2D eigenvalue weighted by Crippen LogP contribution is 2.25. The molecule has 1 aliphatic rings. The molecule has 1 unspecified atom stereocenters. The minimum atomic E-state index is -0.710. The molecule has 0 bridgehead atoms. The van der Waals surface area contributed by atoms with Gasteiger partial charge in [0.1, 0.15) is 17.5 Å². The molecule has 2 amide bonds. The van der Waals surface area contributed by atoms with E-state index in [9.17, 15) is 14.7 Å². The molecule has 0 radical (unpaired) electrons. The Morgan fingerprint density at radius 2 is 1.84 bits per heavy atom. The van der Waals surface area contributed by atoms with Crippen molar-refractivity contribution >= 4 is 28.8 Å². The van der Waals surface area contributed by atoms with Crippen molar-refractivity contribution in [3.63, 3.8) is 0 Å². The maximum atomic E-state index is 12.4. The van der Waals surface area contributed by atoms with E-state index < -0.39 is 6.04 Å². The second kappa shape index (κ2) is 5.83. The van der Waals surface area contributed by atoms with Crippen LogP contribution in [0.3, 0.4) is 0 Å². The Hall–Kier alpha value is -3.54. The van der Waals surface area contributed by atoms with Crippen molar-refractivity contribution < 1.29 is 14.7 Å². The average molecular weight is 333 g/mol. The van der Waals surface area contributed by atoms with Crippen molar-refractivity contribution in [1.29, 1.82) is 0 Å². The fraction of sp³-hybridized carbons (Fsp3) is 0.0526. The first-order valence-electron chi connectivity index (χ1n) is 7.80. The first kappa shape index (κ1) is 15.0. The number of phenolic OH excluding ortho intramolecular Hbond substituents is 1. The molecule has 2 heterocycles. The van der Waals surface area contributed by atoms with Gasteiger partial charge in [0.25, 0.3) is 11.8 Å². The van der Waals surface area contributed by atoms with E-state index in [0.717, 1.165) is 16.5 Å². The van der Waals surface area contributed by atoms with Gasteiger partial charge < -0.3 is 20.7 Å². The molecular weight excluding hydrogens is 318 g/mol. The quantitative estimate of drug-likeness (QED) is 0.542. The maximum absolute atomic E-state index is 12.4. The molecule has 1 aromatic heterocycles. The lowest BCUT2D eigenvalue weighted by Gasteiger charge is -2.25. The lowest BCUT2D eigenvalue weighted by molar-refractivity contribution is -0.131. The maximum Gasteiger partial charge on any atom is 0.268 e. The Balaban J connectivity index is 1.66. The van der Waals surface area contributed by atoms with Crippen molar-refractivity contribution in [3.05, 3.63) is 71.6 Å². The van der Waals surface area contributed by atoms with Crippen molar-refractivity contribution in [2.45, 2.75) is 6.04 Å². The first-order valence-corrected chi connectivity index (χ1v) is 7.80. The summed E-state index contributed by atoms with van der Waals surface area (Å²) in [5.74, 6) is -0.518. The predicted molar refractivity (Wildman–Crippen MR) is 93.4 cm³/mol. The number of H-pyrrole nitrogens is 1. The molecular formula is C19H15N3O3. The average Bonchev–Trinajstić information content (AvgIpc) is 3.00. The predicted octanol–water partition coefficient (Wildman–Crippen LogP) is 2.20. The molecule has 25 heavy (non-hydrogen) atoms. The van der Waals surface area contributed by atoms with Crippen LogP contribution < -0.4 is 10.6 Å². The molecule has 1 saturated heterocycles. The topological polar surface area (TPSA) is 94.2 Å². The summed E-state index contributed by atoms with van der Waals surface area (Å²) in [4.78, 5) is 27.8. The van der Waals surface area contributed by atoms with E-state index >= 15 is 0 Å². The Morgan fingerprint density at radius 3 is 2.64 bits per heavy atom. The van der Waals surface area contributed by atoms with Gasteiger partial charge in [-0.25, -0.2) is 0 Å². The van der Waals surface area contributed by atoms with Gasteiger partial charge in [0.2, 0.25) is 0 Å². The largest absolute Gasteiger partial charge is 0.508 e. The third kappa shape index (κ3) is 2.74. The smallest absolute Gasteiger partial charge is 0.268 e. The van der Waals surface area contributed by atoms with Gasteiger partial charge in [-0.2, -0.15) is 0 Å². The summed E-state index contributed by atoms with van der Waals surface area (Å²) in [5, 5.41) is 15.8. The van der Waals surface area contributed by atoms with Crippen LogP contribution in [-0.4, -0.2) is 21.9 Å². The van der Waals surface area contributed by atoms with Gasteiger partial charge in [-0.05, 0) is 29.8 Å². The lowest BCUT2D eigenvalue weighted by atomic mass is 10.0. The number of rotatable bonds is 2. The Labute approximate surface area is 143 Å². The Bertz CT molecular complexity index is 1010.